The van der Waals surface area contributed by atoms with E-state index in [0.717, 1.165) is 44.0 Å². The Morgan fingerprint density at radius 1 is 1.23 bits per heavy atom. The lowest BCUT2D eigenvalue weighted by molar-refractivity contribution is 0.206. The number of guanidine groups is 1. The summed E-state index contributed by atoms with van der Waals surface area (Å²) >= 11 is 0. The van der Waals surface area contributed by atoms with Crippen molar-refractivity contribution in [2.24, 2.45) is 4.99 Å². The predicted octanol–water partition coefficient (Wildman–Crippen LogP) is 3.50. The SMILES string of the molecule is CCCN1CCC(NC(=NCC(C)c2ccc(F)c(F)c2)NCC)CC1. The van der Waals surface area contributed by atoms with E-state index in [1.54, 1.807) is 6.07 Å². The summed E-state index contributed by atoms with van der Waals surface area (Å²) in [7, 11) is 0. The number of benzene rings is 1. The summed E-state index contributed by atoms with van der Waals surface area (Å²) in [5.74, 6) is -0.793. The van der Waals surface area contributed by atoms with Crippen molar-refractivity contribution in [1.29, 1.82) is 0 Å². The first-order valence-corrected chi connectivity index (χ1v) is 9.75. The maximum Gasteiger partial charge on any atom is 0.191 e. The van der Waals surface area contributed by atoms with Crippen LogP contribution in [0.2, 0.25) is 0 Å². The molecule has 1 saturated heterocycles. The Bertz CT molecular complexity index is 583. The first kappa shape index (κ1) is 20.6. The van der Waals surface area contributed by atoms with E-state index in [1.807, 2.05) is 13.8 Å². The predicted molar refractivity (Wildman–Crippen MR) is 104 cm³/mol. The molecular weight excluding hydrogens is 334 g/mol. The molecule has 2 rings (SSSR count). The lowest BCUT2D eigenvalue weighted by Crippen LogP contribution is -2.48. The molecule has 0 radical (unpaired) electrons. The van der Waals surface area contributed by atoms with Crippen molar-refractivity contribution in [2.45, 2.75) is 52.0 Å². The molecule has 1 aromatic carbocycles. The van der Waals surface area contributed by atoms with Gasteiger partial charge in [0.05, 0.1) is 0 Å². The van der Waals surface area contributed by atoms with Gasteiger partial charge in [-0.2, -0.15) is 0 Å². The zero-order valence-corrected chi connectivity index (χ0v) is 16.2. The molecule has 1 fully saturated rings. The van der Waals surface area contributed by atoms with E-state index in [4.69, 9.17) is 0 Å². The highest BCUT2D eigenvalue weighted by Gasteiger charge is 2.19. The van der Waals surface area contributed by atoms with Crippen molar-refractivity contribution >= 4 is 5.96 Å². The lowest BCUT2D eigenvalue weighted by atomic mass is 10.0. The van der Waals surface area contributed by atoms with Gasteiger partial charge in [0.2, 0.25) is 0 Å². The Morgan fingerprint density at radius 2 is 1.96 bits per heavy atom. The number of hydrogen-bond donors (Lipinski definition) is 2. The highest BCUT2D eigenvalue weighted by Crippen LogP contribution is 2.18. The average Bonchev–Trinajstić information content (AvgIpc) is 2.63. The summed E-state index contributed by atoms with van der Waals surface area (Å²) < 4.78 is 26.5. The van der Waals surface area contributed by atoms with Crippen LogP contribution in [-0.4, -0.2) is 49.6 Å². The van der Waals surface area contributed by atoms with Crippen LogP contribution in [0.15, 0.2) is 23.2 Å². The monoisotopic (exact) mass is 366 g/mol. The summed E-state index contributed by atoms with van der Waals surface area (Å²) in [6.07, 6.45) is 3.43. The number of nitrogens with zero attached hydrogens (tertiary/aromatic N) is 2. The summed E-state index contributed by atoms with van der Waals surface area (Å²) in [5.41, 5.74) is 0.761. The van der Waals surface area contributed by atoms with Gasteiger partial charge in [0.1, 0.15) is 0 Å². The van der Waals surface area contributed by atoms with Gasteiger partial charge in [-0.25, -0.2) is 8.78 Å². The van der Waals surface area contributed by atoms with E-state index < -0.39 is 11.6 Å². The second kappa shape index (κ2) is 10.5. The van der Waals surface area contributed by atoms with Crippen LogP contribution in [0, 0.1) is 11.6 Å². The number of likely N-dealkylation sites (tertiary alicyclic amines) is 1. The van der Waals surface area contributed by atoms with Crippen molar-refractivity contribution in [2.75, 3.05) is 32.7 Å². The van der Waals surface area contributed by atoms with Crippen LogP contribution in [0.1, 0.15) is 51.5 Å². The van der Waals surface area contributed by atoms with Gasteiger partial charge in [0, 0.05) is 38.1 Å². The zero-order valence-electron chi connectivity index (χ0n) is 16.2. The van der Waals surface area contributed by atoms with Crippen LogP contribution in [0.25, 0.3) is 0 Å². The second-order valence-electron chi connectivity index (χ2n) is 7.05. The second-order valence-corrected chi connectivity index (χ2v) is 7.05. The van der Waals surface area contributed by atoms with Crippen LogP contribution in [0.4, 0.5) is 8.78 Å². The van der Waals surface area contributed by atoms with Crippen LogP contribution in [-0.2, 0) is 0 Å². The fourth-order valence-electron chi connectivity index (χ4n) is 3.28. The number of rotatable bonds is 7. The first-order chi connectivity index (χ1) is 12.5. The molecule has 1 aliphatic rings. The number of piperidine rings is 1. The van der Waals surface area contributed by atoms with Gasteiger partial charge in [-0.05, 0) is 50.4 Å². The van der Waals surface area contributed by atoms with Crippen LogP contribution in [0.3, 0.4) is 0 Å². The standard InChI is InChI=1S/C20H32F2N4/c1-4-10-26-11-8-17(9-12-26)25-20(23-5-2)24-14-15(3)16-6-7-18(21)19(22)13-16/h6-7,13,15,17H,4-5,8-12,14H2,1-3H3,(H2,23,24,25). The minimum atomic E-state index is -0.811. The molecule has 1 atom stereocenters. The highest BCUT2D eigenvalue weighted by molar-refractivity contribution is 5.80. The largest absolute Gasteiger partial charge is 0.357 e. The van der Waals surface area contributed by atoms with Gasteiger partial charge in [-0.3, -0.25) is 4.99 Å². The van der Waals surface area contributed by atoms with E-state index in [-0.39, 0.29) is 5.92 Å². The molecule has 1 heterocycles. The maximum absolute atomic E-state index is 13.4. The van der Waals surface area contributed by atoms with Gasteiger partial charge in [0.15, 0.2) is 17.6 Å². The molecule has 4 nitrogen and oxygen atoms in total. The highest BCUT2D eigenvalue weighted by atomic mass is 19.2. The van der Waals surface area contributed by atoms with E-state index in [9.17, 15) is 8.78 Å². The van der Waals surface area contributed by atoms with E-state index in [0.29, 0.717) is 12.6 Å². The average molecular weight is 367 g/mol. The third kappa shape index (κ3) is 6.24. The molecule has 0 bridgehead atoms. The third-order valence-corrected chi connectivity index (χ3v) is 4.85. The fraction of sp³-hybridized carbons (Fsp3) is 0.650. The van der Waals surface area contributed by atoms with Gasteiger partial charge in [-0.1, -0.05) is 19.9 Å². The first-order valence-electron chi connectivity index (χ1n) is 9.75. The quantitative estimate of drug-likeness (QED) is 0.573. The maximum atomic E-state index is 13.4. The van der Waals surface area contributed by atoms with Crippen molar-refractivity contribution in [3.8, 4) is 0 Å². The minimum Gasteiger partial charge on any atom is -0.357 e. The molecule has 0 aliphatic carbocycles. The van der Waals surface area contributed by atoms with Crippen molar-refractivity contribution < 1.29 is 8.78 Å². The lowest BCUT2D eigenvalue weighted by Gasteiger charge is -2.32. The Hall–Kier alpha value is -1.69. The molecule has 26 heavy (non-hydrogen) atoms. The molecule has 146 valence electrons. The molecule has 1 unspecified atom stereocenters. The molecule has 2 N–H and O–H groups in total. The van der Waals surface area contributed by atoms with E-state index in [2.05, 4.69) is 27.4 Å². The Kier molecular flexibility index (Phi) is 8.29. The van der Waals surface area contributed by atoms with Crippen molar-refractivity contribution in [3.63, 3.8) is 0 Å². The fourth-order valence-corrected chi connectivity index (χ4v) is 3.28. The topological polar surface area (TPSA) is 39.7 Å². The van der Waals surface area contributed by atoms with E-state index >= 15 is 0 Å². The third-order valence-electron chi connectivity index (χ3n) is 4.85. The number of aliphatic imine (C=N–C) groups is 1. The molecule has 1 aromatic rings. The number of hydrogen-bond acceptors (Lipinski definition) is 2. The van der Waals surface area contributed by atoms with Crippen LogP contribution < -0.4 is 10.6 Å². The van der Waals surface area contributed by atoms with Gasteiger partial charge >= 0.3 is 0 Å². The van der Waals surface area contributed by atoms with Crippen molar-refractivity contribution in [1.82, 2.24) is 15.5 Å². The molecule has 6 heteroatoms. The smallest absolute Gasteiger partial charge is 0.191 e. The van der Waals surface area contributed by atoms with Crippen LogP contribution in [0.5, 0.6) is 0 Å². The van der Waals surface area contributed by atoms with Gasteiger partial charge in [0.25, 0.3) is 0 Å². The Labute approximate surface area is 156 Å². The van der Waals surface area contributed by atoms with E-state index in [1.165, 1.54) is 25.1 Å². The normalized spacial score (nSPS) is 18.0. The molecule has 0 aromatic heterocycles. The summed E-state index contributed by atoms with van der Waals surface area (Å²) in [6, 6.07) is 4.50. The number of nitrogens with one attached hydrogen (secondary N) is 2. The molecule has 1 aliphatic heterocycles. The van der Waals surface area contributed by atoms with Crippen LogP contribution >= 0.6 is 0 Å². The van der Waals surface area contributed by atoms with Crippen molar-refractivity contribution in [3.05, 3.63) is 35.4 Å². The Balaban J connectivity index is 1.90. The molecule has 0 saturated carbocycles. The molecular formula is C20H32F2N4. The molecule has 0 amide bonds. The Morgan fingerprint density at radius 3 is 2.58 bits per heavy atom. The van der Waals surface area contributed by atoms with Gasteiger partial charge < -0.3 is 15.5 Å². The summed E-state index contributed by atoms with van der Waals surface area (Å²) in [5, 5.41) is 6.81. The van der Waals surface area contributed by atoms with Gasteiger partial charge in [-0.15, -0.1) is 0 Å². The number of halogens is 2. The minimum absolute atomic E-state index is 0.0203. The molecule has 0 spiro atoms. The zero-order chi connectivity index (χ0) is 18.9. The summed E-state index contributed by atoms with van der Waals surface area (Å²) in [6.45, 7) is 11.0. The summed E-state index contributed by atoms with van der Waals surface area (Å²) in [4.78, 5) is 7.16.